The van der Waals surface area contributed by atoms with Crippen LogP contribution in [-0.2, 0) is 22.7 Å². The first-order chi connectivity index (χ1) is 34.2. The van der Waals surface area contributed by atoms with Gasteiger partial charge in [0.15, 0.2) is 0 Å². The molecule has 4 aliphatic rings. The van der Waals surface area contributed by atoms with Crippen LogP contribution in [0.1, 0.15) is 94.7 Å². The highest BCUT2D eigenvalue weighted by Crippen LogP contribution is 2.56. The van der Waals surface area contributed by atoms with Crippen LogP contribution in [0.15, 0.2) is 160 Å². The minimum absolute atomic E-state index is 0.00674. The maximum atomic E-state index is 7.23. The molecule has 71 heavy (non-hydrogen) atoms. The van der Waals surface area contributed by atoms with Gasteiger partial charge < -0.3 is 18.5 Å². The van der Waals surface area contributed by atoms with Crippen molar-refractivity contribution in [2.24, 2.45) is 0 Å². The quantitative estimate of drug-likeness (QED) is 0.162. The lowest BCUT2D eigenvalue weighted by Gasteiger charge is -2.46. The fourth-order valence-corrected chi connectivity index (χ4v) is 13.8. The molecule has 2 aliphatic carbocycles. The molecule has 0 fully saturated rings. The van der Waals surface area contributed by atoms with Crippen molar-refractivity contribution in [2.75, 3.05) is 9.71 Å². The second-order valence-corrected chi connectivity index (χ2v) is 23.4. The SMILES string of the molecule is Cc1cc(C(C)(C)C)ccc1N1c2cc3oc4cc5c(cc4c3cc2B2c3c1cc1c(oc4ccccc41)c3-c1c(ccc3ccccc13)N2c1ccc2c(c1)C(C)(C)c1ccccc1-2)CCCC5(C)C. The van der Waals surface area contributed by atoms with Crippen LogP contribution >= 0.6 is 0 Å². The molecule has 0 amide bonds. The van der Waals surface area contributed by atoms with E-state index in [9.17, 15) is 0 Å². The summed E-state index contributed by atoms with van der Waals surface area (Å²) in [5.74, 6) is 0. The summed E-state index contributed by atoms with van der Waals surface area (Å²) >= 11 is 0. The van der Waals surface area contributed by atoms with Crippen LogP contribution in [0.4, 0.5) is 28.4 Å². The Hall–Kier alpha value is -7.50. The predicted octanol–water partition coefficient (Wildman–Crippen LogP) is 16.9. The molecule has 5 heteroatoms. The van der Waals surface area contributed by atoms with Crippen molar-refractivity contribution in [3.63, 3.8) is 0 Å². The predicted molar refractivity (Wildman–Crippen MR) is 299 cm³/mol. The van der Waals surface area contributed by atoms with E-state index >= 15 is 0 Å². The van der Waals surface area contributed by atoms with Gasteiger partial charge in [0.1, 0.15) is 22.3 Å². The molecule has 0 saturated heterocycles. The van der Waals surface area contributed by atoms with Gasteiger partial charge in [0.25, 0.3) is 0 Å². The second kappa shape index (κ2) is 13.9. The van der Waals surface area contributed by atoms with Crippen molar-refractivity contribution >= 4 is 101 Å². The van der Waals surface area contributed by atoms with E-state index in [1.165, 1.54) is 107 Å². The van der Waals surface area contributed by atoms with Crippen LogP contribution < -0.4 is 20.6 Å². The third-order valence-electron chi connectivity index (χ3n) is 17.4. The number of para-hydroxylation sites is 1. The Morgan fingerprint density at radius 1 is 0.549 bits per heavy atom. The number of furan rings is 2. The Labute approximate surface area is 415 Å². The summed E-state index contributed by atoms with van der Waals surface area (Å²) in [4.78, 5) is 5.26. The standard InChI is InChI=1S/C66H55BN2O2/c1-37-30-40(64(2,3)4)24-28-53(37)68-55-36-59-47(46-31-39-17-15-29-65(5,6)50(39)35-58(46)70-59)33-52(55)67-62-56(68)34-48-45-20-12-14-22-57(45)71-63(48)61(62)60-42-18-10-9-16-38(42)23-27-54(60)69(67)41-25-26-44-43-19-11-13-21-49(43)66(7,8)51(44)32-41/h9-14,16,18-28,30-36H,15,17,29H2,1-8H3. The Morgan fingerprint density at radius 2 is 1.30 bits per heavy atom. The summed E-state index contributed by atoms with van der Waals surface area (Å²) in [6, 6.07) is 57.8. The van der Waals surface area contributed by atoms with Crippen LogP contribution in [0.3, 0.4) is 0 Å². The minimum Gasteiger partial charge on any atom is -0.456 e. The van der Waals surface area contributed by atoms with E-state index in [0.29, 0.717) is 0 Å². The fourth-order valence-electron chi connectivity index (χ4n) is 13.8. The summed E-state index contributed by atoms with van der Waals surface area (Å²) in [5.41, 5.74) is 25.1. The maximum Gasteiger partial charge on any atom is 0.333 e. The van der Waals surface area contributed by atoms with Gasteiger partial charge in [-0.15, -0.1) is 0 Å². The first-order valence-corrected chi connectivity index (χ1v) is 25.7. The molecule has 9 aromatic carbocycles. The van der Waals surface area contributed by atoms with Gasteiger partial charge in [-0.2, -0.15) is 0 Å². The molecule has 15 rings (SSSR count). The lowest BCUT2D eigenvalue weighted by molar-refractivity contribution is 0.432. The molecular formula is C66H55BN2O2. The molecule has 4 heterocycles. The zero-order valence-electron chi connectivity index (χ0n) is 41.8. The van der Waals surface area contributed by atoms with E-state index in [1.807, 2.05) is 0 Å². The van der Waals surface area contributed by atoms with Crippen molar-refractivity contribution in [1.29, 1.82) is 0 Å². The van der Waals surface area contributed by atoms with Gasteiger partial charge in [0, 0.05) is 72.6 Å². The third-order valence-corrected chi connectivity index (χ3v) is 17.4. The smallest absolute Gasteiger partial charge is 0.333 e. The molecule has 2 aromatic heterocycles. The molecule has 0 spiro atoms. The van der Waals surface area contributed by atoms with E-state index in [4.69, 9.17) is 8.83 Å². The van der Waals surface area contributed by atoms with Crippen LogP contribution in [0.5, 0.6) is 0 Å². The third kappa shape index (κ3) is 5.53. The van der Waals surface area contributed by atoms with E-state index < -0.39 is 0 Å². The number of hydrogen-bond acceptors (Lipinski definition) is 4. The van der Waals surface area contributed by atoms with E-state index in [-0.39, 0.29) is 23.1 Å². The second-order valence-electron chi connectivity index (χ2n) is 23.4. The Kier molecular flexibility index (Phi) is 8.08. The van der Waals surface area contributed by atoms with Crippen LogP contribution in [0, 0.1) is 6.92 Å². The summed E-state index contributed by atoms with van der Waals surface area (Å²) in [6.07, 6.45) is 3.47. The molecule has 0 N–H and O–H groups in total. The Bertz CT molecular complexity index is 4180. The maximum absolute atomic E-state index is 7.23. The van der Waals surface area contributed by atoms with E-state index in [2.05, 4.69) is 217 Å². The molecule has 0 unspecified atom stereocenters. The zero-order valence-corrected chi connectivity index (χ0v) is 41.8. The van der Waals surface area contributed by atoms with Gasteiger partial charge in [0.2, 0.25) is 0 Å². The largest absolute Gasteiger partial charge is 0.456 e. The normalized spacial score (nSPS) is 16.1. The van der Waals surface area contributed by atoms with Gasteiger partial charge >= 0.3 is 6.85 Å². The molecule has 2 aliphatic heterocycles. The summed E-state index contributed by atoms with van der Waals surface area (Å²) in [7, 11) is 0. The first-order valence-electron chi connectivity index (χ1n) is 25.7. The van der Waals surface area contributed by atoms with Gasteiger partial charge in [-0.05, 0) is 152 Å². The first kappa shape index (κ1) is 41.3. The highest BCUT2D eigenvalue weighted by atomic mass is 16.3. The average Bonchev–Trinajstić information content (AvgIpc) is 3.99. The Morgan fingerprint density at radius 3 is 2.14 bits per heavy atom. The molecule has 0 bridgehead atoms. The lowest BCUT2D eigenvalue weighted by Crippen LogP contribution is -2.61. The van der Waals surface area contributed by atoms with Crippen LogP contribution in [0.2, 0.25) is 0 Å². The molecule has 344 valence electrons. The molecule has 0 radical (unpaired) electrons. The van der Waals surface area contributed by atoms with Crippen molar-refractivity contribution < 1.29 is 8.83 Å². The Balaban J connectivity index is 1.11. The summed E-state index contributed by atoms with van der Waals surface area (Å²) in [5, 5.41) is 7.01. The van der Waals surface area contributed by atoms with Crippen LogP contribution in [-0.4, -0.2) is 6.85 Å². The summed E-state index contributed by atoms with van der Waals surface area (Å²) in [6.45, 7) is 18.6. The lowest BCUT2D eigenvalue weighted by atomic mass is 9.43. The van der Waals surface area contributed by atoms with Gasteiger partial charge in [-0.3, -0.25) is 0 Å². The fraction of sp³-hybridized carbons (Fsp3) is 0.212. The molecule has 0 atom stereocenters. The number of anilines is 5. The highest BCUT2D eigenvalue weighted by Gasteiger charge is 2.48. The van der Waals surface area contributed by atoms with Crippen molar-refractivity contribution in [2.45, 2.75) is 90.9 Å². The van der Waals surface area contributed by atoms with Crippen molar-refractivity contribution in [1.82, 2.24) is 0 Å². The number of nitrogens with zero attached hydrogens (tertiary/aromatic N) is 2. The average molecular weight is 919 g/mol. The summed E-state index contributed by atoms with van der Waals surface area (Å²) < 4.78 is 14.4. The minimum atomic E-state index is -0.234. The number of rotatable bonds is 2. The van der Waals surface area contributed by atoms with Crippen molar-refractivity contribution in [3.05, 3.63) is 185 Å². The molecular weight excluding hydrogens is 864 g/mol. The van der Waals surface area contributed by atoms with Crippen LogP contribution in [0.25, 0.3) is 76.9 Å². The zero-order chi connectivity index (χ0) is 48.0. The topological polar surface area (TPSA) is 32.8 Å². The van der Waals surface area contributed by atoms with Gasteiger partial charge in [-0.25, -0.2) is 0 Å². The monoisotopic (exact) mass is 918 g/mol. The number of hydrogen-bond donors (Lipinski definition) is 0. The number of benzene rings is 9. The van der Waals surface area contributed by atoms with Gasteiger partial charge in [0.05, 0.1) is 0 Å². The van der Waals surface area contributed by atoms with E-state index in [1.54, 1.807) is 0 Å². The van der Waals surface area contributed by atoms with Gasteiger partial charge in [-0.1, -0.05) is 146 Å². The number of aryl methyl sites for hydroxylation is 2. The molecule has 0 saturated carbocycles. The number of fused-ring (bicyclic) bond motifs is 17. The highest BCUT2D eigenvalue weighted by molar-refractivity contribution is 6.94. The molecule has 11 aromatic rings. The van der Waals surface area contributed by atoms with E-state index in [0.717, 1.165) is 62.0 Å². The molecule has 4 nitrogen and oxygen atoms in total. The van der Waals surface area contributed by atoms with Crippen molar-refractivity contribution in [3.8, 4) is 22.3 Å².